The molecular weight excluding hydrogens is 254 g/mol. The minimum absolute atomic E-state index is 0.0619. The van der Waals surface area contributed by atoms with Crippen molar-refractivity contribution < 1.29 is 9.59 Å². The second kappa shape index (κ2) is 6.05. The summed E-state index contributed by atoms with van der Waals surface area (Å²) >= 11 is 0. The van der Waals surface area contributed by atoms with Gasteiger partial charge in [0.25, 0.3) is 5.91 Å². The van der Waals surface area contributed by atoms with Crippen LogP contribution >= 0.6 is 0 Å². The van der Waals surface area contributed by atoms with E-state index in [4.69, 9.17) is 5.73 Å². The molecule has 108 valence electrons. The maximum absolute atomic E-state index is 12.4. The van der Waals surface area contributed by atoms with Gasteiger partial charge in [0.15, 0.2) is 0 Å². The highest BCUT2D eigenvalue weighted by atomic mass is 16.2. The van der Waals surface area contributed by atoms with Crippen molar-refractivity contribution in [3.05, 3.63) is 34.9 Å². The van der Waals surface area contributed by atoms with Gasteiger partial charge in [-0.1, -0.05) is 6.07 Å². The van der Waals surface area contributed by atoms with Crippen molar-refractivity contribution in [1.82, 2.24) is 9.80 Å². The van der Waals surface area contributed by atoms with Crippen molar-refractivity contribution in [2.24, 2.45) is 5.73 Å². The average molecular weight is 275 g/mol. The largest absolute Gasteiger partial charge is 0.369 e. The molecule has 0 bridgehead atoms. The molecule has 5 heteroatoms. The van der Waals surface area contributed by atoms with Gasteiger partial charge in [-0.25, -0.2) is 0 Å². The zero-order valence-electron chi connectivity index (χ0n) is 12.1. The number of benzene rings is 1. The lowest BCUT2D eigenvalue weighted by molar-refractivity contribution is -0.119. The summed E-state index contributed by atoms with van der Waals surface area (Å²) in [6.07, 6.45) is 0. The summed E-state index contributed by atoms with van der Waals surface area (Å²) in [5.74, 6) is -0.259. The van der Waals surface area contributed by atoms with Gasteiger partial charge in [0, 0.05) is 31.7 Å². The first kappa shape index (κ1) is 14.5. The number of piperazine rings is 1. The summed E-state index contributed by atoms with van der Waals surface area (Å²) in [5.41, 5.74) is 8.23. The van der Waals surface area contributed by atoms with Crippen LogP contribution < -0.4 is 5.73 Å². The number of rotatable bonds is 3. The van der Waals surface area contributed by atoms with Crippen molar-refractivity contribution in [1.29, 1.82) is 0 Å². The first-order chi connectivity index (χ1) is 9.47. The van der Waals surface area contributed by atoms with Gasteiger partial charge in [-0.05, 0) is 37.1 Å². The van der Waals surface area contributed by atoms with Crippen molar-refractivity contribution in [3.8, 4) is 0 Å². The van der Waals surface area contributed by atoms with Crippen LogP contribution in [0.15, 0.2) is 18.2 Å². The number of aryl methyl sites for hydroxylation is 2. The van der Waals surface area contributed by atoms with Crippen molar-refractivity contribution in [3.63, 3.8) is 0 Å². The predicted molar refractivity (Wildman–Crippen MR) is 77.5 cm³/mol. The van der Waals surface area contributed by atoms with E-state index in [1.165, 1.54) is 5.56 Å². The molecule has 2 amide bonds. The molecule has 0 spiro atoms. The normalized spacial score (nSPS) is 16.2. The van der Waals surface area contributed by atoms with Gasteiger partial charge in [0.1, 0.15) is 0 Å². The third-order valence-corrected chi connectivity index (χ3v) is 3.79. The molecule has 2 N–H and O–H groups in total. The molecule has 0 unspecified atom stereocenters. The molecule has 1 aromatic carbocycles. The maximum atomic E-state index is 12.4. The van der Waals surface area contributed by atoms with Crippen molar-refractivity contribution in [2.75, 3.05) is 32.7 Å². The van der Waals surface area contributed by atoms with E-state index in [0.29, 0.717) is 26.2 Å². The molecule has 0 radical (unpaired) electrons. The van der Waals surface area contributed by atoms with Crippen LogP contribution in [0.4, 0.5) is 0 Å². The van der Waals surface area contributed by atoms with E-state index >= 15 is 0 Å². The Kier molecular flexibility index (Phi) is 4.39. The zero-order valence-corrected chi connectivity index (χ0v) is 12.1. The fraction of sp³-hybridized carbons (Fsp3) is 0.467. The molecule has 1 heterocycles. The number of nitrogens with two attached hydrogens (primary N) is 1. The van der Waals surface area contributed by atoms with Gasteiger partial charge in [-0.2, -0.15) is 0 Å². The second-order valence-corrected chi connectivity index (χ2v) is 5.33. The Bertz CT molecular complexity index is 520. The van der Waals surface area contributed by atoms with E-state index in [0.717, 1.165) is 11.1 Å². The minimum Gasteiger partial charge on any atom is -0.369 e. The van der Waals surface area contributed by atoms with Gasteiger partial charge in [0.05, 0.1) is 6.54 Å². The Morgan fingerprint density at radius 1 is 1.10 bits per heavy atom. The summed E-state index contributed by atoms with van der Waals surface area (Å²) in [4.78, 5) is 27.1. The lowest BCUT2D eigenvalue weighted by Gasteiger charge is -2.34. The Hall–Kier alpha value is -1.88. The Morgan fingerprint density at radius 3 is 2.30 bits per heavy atom. The first-order valence-electron chi connectivity index (χ1n) is 6.84. The monoisotopic (exact) mass is 275 g/mol. The number of hydrogen-bond donors (Lipinski definition) is 1. The summed E-state index contributed by atoms with van der Waals surface area (Å²) in [6.45, 7) is 6.98. The molecule has 0 aromatic heterocycles. The fourth-order valence-electron chi connectivity index (χ4n) is 2.39. The number of carbonyl (C=O) groups is 2. The molecule has 1 saturated heterocycles. The lowest BCUT2D eigenvalue weighted by Crippen LogP contribution is -2.50. The molecule has 0 atom stereocenters. The van der Waals surface area contributed by atoms with E-state index in [1.54, 1.807) is 0 Å². The Morgan fingerprint density at radius 2 is 1.75 bits per heavy atom. The van der Waals surface area contributed by atoms with E-state index < -0.39 is 0 Å². The summed E-state index contributed by atoms with van der Waals surface area (Å²) < 4.78 is 0. The molecular formula is C15H21N3O2. The summed E-state index contributed by atoms with van der Waals surface area (Å²) in [7, 11) is 0. The predicted octanol–water partition coefficient (Wildman–Crippen LogP) is 0.547. The average Bonchev–Trinajstić information content (AvgIpc) is 2.41. The molecule has 1 aromatic rings. The zero-order chi connectivity index (χ0) is 14.7. The van der Waals surface area contributed by atoms with E-state index in [-0.39, 0.29) is 18.4 Å². The molecule has 1 fully saturated rings. The van der Waals surface area contributed by atoms with Crippen LogP contribution in [0.3, 0.4) is 0 Å². The van der Waals surface area contributed by atoms with Crippen LogP contribution in [-0.4, -0.2) is 54.3 Å². The quantitative estimate of drug-likeness (QED) is 0.876. The Balaban J connectivity index is 1.97. The third kappa shape index (κ3) is 3.36. The standard InChI is InChI=1S/C15H21N3O2/c1-11-3-4-13(9-12(11)2)15(20)18-7-5-17(6-8-18)10-14(16)19/h3-4,9H,5-8,10H2,1-2H3,(H2,16,19). The second-order valence-electron chi connectivity index (χ2n) is 5.33. The number of carbonyl (C=O) groups excluding carboxylic acids is 2. The van der Waals surface area contributed by atoms with Crippen LogP contribution in [0.5, 0.6) is 0 Å². The number of amides is 2. The minimum atomic E-state index is -0.320. The summed E-state index contributed by atoms with van der Waals surface area (Å²) in [5, 5.41) is 0. The molecule has 0 aliphatic carbocycles. The number of primary amides is 1. The van der Waals surface area contributed by atoms with Crippen LogP contribution in [0, 0.1) is 13.8 Å². The molecule has 5 nitrogen and oxygen atoms in total. The highest BCUT2D eigenvalue weighted by Gasteiger charge is 2.22. The molecule has 2 rings (SSSR count). The van der Waals surface area contributed by atoms with E-state index in [9.17, 15) is 9.59 Å². The first-order valence-corrected chi connectivity index (χ1v) is 6.84. The third-order valence-electron chi connectivity index (χ3n) is 3.79. The van der Waals surface area contributed by atoms with Crippen LogP contribution in [0.2, 0.25) is 0 Å². The van der Waals surface area contributed by atoms with Crippen LogP contribution in [-0.2, 0) is 4.79 Å². The van der Waals surface area contributed by atoms with Gasteiger partial charge < -0.3 is 10.6 Å². The maximum Gasteiger partial charge on any atom is 0.253 e. The fourth-order valence-corrected chi connectivity index (χ4v) is 2.39. The van der Waals surface area contributed by atoms with Gasteiger partial charge in [-0.15, -0.1) is 0 Å². The topological polar surface area (TPSA) is 66.6 Å². The summed E-state index contributed by atoms with van der Waals surface area (Å²) in [6, 6.07) is 5.79. The van der Waals surface area contributed by atoms with E-state index in [2.05, 4.69) is 0 Å². The molecule has 20 heavy (non-hydrogen) atoms. The van der Waals surface area contributed by atoms with Crippen LogP contribution in [0.1, 0.15) is 21.5 Å². The SMILES string of the molecule is Cc1ccc(C(=O)N2CCN(CC(N)=O)CC2)cc1C. The van der Waals surface area contributed by atoms with Gasteiger partial charge >= 0.3 is 0 Å². The highest BCUT2D eigenvalue weighted by Crippen LogP contribution is 2.13. The van der Waals surface area contributed by atoms with Crippen LogP contribution in [0.25, 0.3) is 0 Å². The van der Waals surface area contributed by atoms with Crippen molar-refractivity contribution in [2.45, 2.75) is 13.8 Å². The smallest absolute Gasteiger partial charge is 0.253 e. The molecule has 1 aliphatic heterocycles. The molecule has 0 saturated carbocycles. The highest BCUT2D eigenvalue weighted by molar-refractivity contribution is 5.94. The van der Waals surface area contributed by atoms with Gasteiger partial charge in [-0.3, -0.25) is 14.5 Å². The van der Waals surface area contributed by atoms with Gasteiger partial charge in [0.2, 0.25) is 5.91 Å². The van der Waals surface area contributed by atoms with E-state index in [1.807, 2.05) is 41.8 Å². The molecule has 1 aliphatic rings. The number of hydrogen-bond acceptors (Lipinski definition) is 3. The lowest BCUT2D eigenvalue weighted by atomic mass is 10.1. The Labute approximate surface area is 119 Å². The van der Waals surface area contributed by atoms with Crippen molar-refractivity contribution >= 4 is 11.8 Å². The number of nitrogens with zero attached hydrogens (tertiary/aromatic N) is 2.